The summed E-state index contributed by atoms with van der Waals surface area (Å²) in [7, 11) is 1.79. The van der Waals surface area contributed by atoms with Gasteiger partial charge in [0.25, 0.3) is 5.91 Å². The van der Waals surface area contributed by atoms with Crippen molar-refractivity contribution in [1.82, 2.24) is 24.4 Å². The first-order chi connectivity index (χ1) is 13.5. The lowest BCUT2D eigenvalue weighted by Gasteiger charge is -2.05. The smallest absolute Gasteiger partial charge is 0.270 e. The van der Waals surface area contributed by atoms with Crippen LogP contribution >= 0.6 is 11.5 Å². The molecule has 7 nitrogen and oxygen atoms in total. The zero-order valence-corrected chi connectivity index (χ0v) is 15.9. The second-order valence-corrected chi connectivity index (χ2v) is 6.85. The van der Waals surface area contributed by atoms with Crippen LogP contribution in [0.3, 0.4) is 0 Å². The van der Waals surface area contributed by atoms with Crippen LogP contribution < -0.4 is 5.32 Å². The lowest BCUT2D eigenvalue weighted by molar-refractivity contribution is 0.102. The summed E-state index contributed by atoms with van der Waals surface area (Å²) >= 11 is 1.04. The summed E-state index contributed by atoms with van der Waals surface area (Å²) in [6, 6.07) is 11.8. The molecule has 0 radical (unpaired) electrons. The Kier molecular flexibility index (Phi) is 4.66. The summed E-state index contributed by atoms with van der Waals surface area (Å²) in [5.41, 5.74) is 3.14. The van der Waals surface area contributed by atoms with Crippen LogP contribution in [0.1, 0.15) is 15.4 Å². The van der Waals surface area contributed by atoms with E-state index in [0.717, 1.165) is 22.8 Å². The van der Waals surface area contributed by atoms with Crippen LogP contribution in [0.5, 0.6) is 0 Å². The van der Waals surface area contributed by atoms with Crippen molar-refractivity contribution in [2.45, 2.75) is 6.92 Å². The van der Waals surface area contributed by atoms with E-state index in [1.807, 2.05) is 6.07 Å². The third-order valence-corrected chi connectivity index (χ3v) is 5.01. The quantitative estimate of drug-likeness (QED) is 0.570. The minimum absolute atomic E-state index is 0.296. The molecule has 3 aromatic heterocycles. The number of aromatic nitrogens is 5. The van der Waals surface area contributed by atoms with Gasteiger partial charge < -0.3 is 5.32 Å². The number of nitrogens with zero attached hydrogens (tertiary/aromatic N) is 5. The van der Waals surface area contributed by atoms with Crippen LogP contribution in [0, 0.1) is 12.7 Å². The lowest BCUT2D eigenvalue weighted by atomic mass is 10.1. The van der Waals surface area contributed by atoms with Gasteiger partial charge in [-0.1, -0.05) is 16.6 Å². The van der Waals surface area contributed by atoms with Crippen molar-refractivity contribution in [2.24, 2.45) is 7.05 Å². The molecule has 1 N–H and O–H groups in total. The van der Waals surface area contributed by atoms with Gasteiger partial charge in [-0.05, 0) is 48.8 Å². The van der Waals surface area contributed by atoms with Crippen molar-refractivity contribution in [3.63, 3.8) is 0 Å². The van der Waals surface area contributed by atoms with E-state index in [1.54, 1.807) is 55.2 Å². The van der Waals surface area contributed by atoms with Crippen LogP contribution in [0.2, 0.25) is 0 Å². The van der Waals surface area contributed by atoms with Gasteiger partial charge >= 0.3 is 0 Å². The molecule has 0 bridgehead atoms. The number of halogens is 1. The van der Waals surface area contributed by atoms with Crippen molar-refractivity contribution >= 4 is 23.3 Å². The van der Waals surface area contributed by atoms with E-state index in [1.165, 1.54) is 6.07 Å². The van der Waals surface area contributed by atoms with Crippen molar-refractivity contribution in [2.75, 3.05) is 5.32 Å². The first kappa shape index (κ1) is 17.9. The molecule has 0 saturated heterocycles. The van der Waals surface area contributed by atoms with Crippen LogP contribution in [-0.2, 0) is 7.05 Å². The monoisotopic (exact) mass is 394 g/mol. The Bertz CT molecular complexity index is 1150. The average Bonchev–Trinajstić information content (AvgIpc) is 3.28. The number of rotatable bonds is 4. The first-order valence-electron chi connectivity index (χ1n) is 8.38. The van der Waals surface area contributed by atoms with Crippen LogP contribution in [0.25, 0.3) is 22.5 Å². The number of benzene rings is 1. The summed E-state index contributed by atoms with van der Waals surface area (Å²) in [6.07, 6.45) is 1.63. The summed E-state index contributed by atoms with van der Waals surface area (Å²) in [5.74, 6) is -0.204. The standard InChI is InChI=1S/C19H15FN6OS/c1-11-18(28-25-23-11)19(27)22-17-8-7-12(10-21-17)16-9-15(24-26(16)2)13-5-3-4-6-14(13)20/h3-10H,1-2H3,(H,21,22,27). The Hall–Kier alpha value is -3.46. The van der Waals surface area contributed by atoms with Crippen molar-refractivity contribution in [3.05, 3.63) is 65.0 Å². The highest BCUT2D eigenvalue weighted by atomic mass is 32.1. The van der Waals surface area contributed by atoms with E-state index in [0.29, 0.717) is 27.6 Å². The number of carbonyl (C=O) groups excluding carboxylic acids is 1. The number of carbonyl (C=O) groups is 1. The minimum Gasteiger partial charge on any atom is -0.306 e. The molecular formula is C19H15FN6OS. The zero-order valence-electron chi connectivity index (χ0n) is 15.0. The van der Waals surface area contributed by atoms with Gasteiger partial charge in [-0.25, -0.2) is 9.37 Å². The molecule has 4 aromatic rings. The number of anilines is 1. The molecule has 9 heteroatoms. The molecule has 1 amide bonds. The molecule has 0 aliphatic carbocycles. The molecule has 28 heavy (non-hydrogen) atoms. The fourth-order valence-electron chi connectivity index (χ4n) is 2.77. The normalized spacial score (nSPS) is 10.8. The van der Waals surface area contributed by atoms with Gasteiger partial charge in [0.2, 0.25) is 0 Å². The number of amides is 1. The maximum absolute atomic E-state index is 14.0. The average molecular weight is 394 g/mol. The highest BCUT2D eigenvalue weighted by molar-refractivity contribution is 7.08. The number of nitrogens with one attached hydrogen (secondary N) is 1. The molecule has 0 fully saturated rings. The van der Waals surface area contributed by atoms with E-state index >= 15 is 0 Å². The Morgan fingerprint density at radius 3 is 2.71 bits per heavy atom. The van der Waals surface area contributed by atoms with Crippen molar-refractivity contribution in [1.29, 1.82) is 0 Å². The van der Waals surface area contributed by atoms with Gasteiger partial charge in [-0.2, -0.15) is 5.10 Å². The van der Waals surface area contributed by atoms with E-state index in [4.69, 9.17) is 0 Å². The third-order valence-electron chi connectivity index (χ3n) is 4.19. The number of aryl methyl sites for hydroxylation is 2. The fourth-order valence-corrected chi connectivity index (χ4v) is 3.32. The molecule has 0 aliphatic heterocycles. The minimum atomic E-state index is -0.323. The number of pyridine rings is 1. The maximum Gasteiger partial charge on any atom is 0.270 e. The summed E-state index contributed by atoms with van der Waals surface area (Å²) in [4.78, 5) is 17.0. The first-order valence-corrected chi connectivity index (χ1v) is 9.16. The summed E-state index contributed by atoms with van der Waals surface area (Å²) < 4.78 is 19.5. The number of hydrogen-bond acceptors (Lipinski definition) is 6. The predicted molar refractivity (Wildman–Crippen MR) is 104 cm³/mol. The predicted octanol–water partition coefficient (Wildman–Crippen LogP) is 3.70. The highest BCUT2D eigenvalue weighted by Crippen LogP contribution is 2.27. The Labute approximate surface area is 164 Å². The molecule has 3 heterocycles. The number of hydrogen-bond donors (Lipinski definition) is 1. The Morgan fingerprint density at radius 1 is 1.21 bits per heavy atom. The van der Waals surface area contributed by atoms with Gasteiger partial charge in [0, 0.05) is 24.4 Å². The molecule has 0 aliphatic rings. The fraction of sp³-hybridized carbons (Fsp3) is 0.105. The summed E-state index contributed by atoms with van der Waals surface area (Å²) in [6.45, 7) is 1.73. The van der Waals surface area contributed by atoms with Crippen LogP contribution in [0.4, 0.5) is 10.2 Å². The SMILES string of the molecule is Cc1nnsc1C(=O)Nc1ccc(-c2cc(-c3ccccc3F)nn2C)cn1. The van der Waals surface area contributed by atoms with Gasteiger partial charge in [0.1, 0.15) is 16.5 Å². The van der Waals surface area contributed by atoms with E-state index < -0.39 is 0 Å². The molecule has 0 spiro atoms. The third kappa shape index (κ3) is 3.39. The molecule has 4 rings (SSSR count). The highest BCUT2D eigenvalue weighted by Gasteiger charge is 2.15. The second kappa shape index (κ2) is 7.28. The van der Waals surface area contributed by atoms with Gasteiger partial charge in [-0.3, -0.25) is 9.48 Å². The van der Waals surface area contributed by atoms with Crippen molar-refractivity contribution < 1.29 is 9.18 Å². The van der Waals surface area contributed by atoms with Crippen LogP contribution in [0.15, 0.2) is 48.7 Å². The lowest BCUT2D eigenvalue weighted by Crippen LogP contribution is -2.12. The maximum atomic E-state index is 14.0. The zero-order chi connectivity index (χ0) is 19.7. The van der Waals surface area contributed by atoms with Gasteiger partial charge in [-0.15, -0.1) is 5.10 Å². The molecular weight excluding hydrogens is 379 g/mol. The Morgan fingerprint density at radius 2 is 2.04 bits per heavy atom. The second-order valence-electron chi connectivity index (χ2n) is 6.09. The van der Waals surface area contributed by atoms with E-state index in [9.17, 15) is 9.18 Å². The van der Waals surface area contributed by atoms with E-state index in [-0.39, 0.29) is 11.7 Å². The molecule has 0 unspecified atom stereocenters. The largest absolute Gasteiger partial charge is 0.306 e. The molecule has 140 valence electrons. The van der Waals surface area contributed by atoms with Crippen LogP contribution in [-0.4, -0.2) is 30.3 Å². The molecule has 0 atom stereocenters. The van der Waals surface area contributed by atoms with Gasteiger partial charge in [0.15, 0.2) is 0 Å². The molecule has 1 aromatic carbocycles. The topological polar surface area (TPSA) is 85.6 Å². The summed E-state index contributed by atoms with van der Waals surface area (Å²) in [5, 5.41) is 11.0. The Balaban J connectivity index is 1.57. The molecule has 0 saturated carbocycles. The van der Waals surface area contributed by atoms with Crippen molar-refractivity contribution in [3.8, 4) is 22.5 Å². The van der Waals surface area contributed by atoms with Gasteiger partial charge in [0.05, 0.1) is 17.1 Å². The van der Waals surface area contributed by atoms with E-state index in [2.05, 4.69) is 25.0 Å².